The van der Waals surface area contributed by atoms with Gasteiger partial charge in [-0.25, -0.2) is 4.39 Å². The van der Waals surface area contributed by atoms with E-state index in [-0.39, 0.29) is 11.4 Å². The molecule has 0 bridgehead atoms. The van der Waals surface area contributed by atoms with E-state index in [0.29, 0.717) is 0 Å². The van der Waals surface area contributed by atoms with E-state index in [9.17, 15) is 14.0 Å². The Kier molecular flexibility index (Phi) is 5.86. The number of benzene rings is 3. The number of hydrogen-bond acceptors (Lipinski definition) is 4. The molecule has 0 aliphatic rings. The molecule has 0 atom stereocenters. The number of carbonyl (C=O) groups is 2. The van der Waals surface area contributed by atoms with Crippen LogP contribution in [-0.4, -0.2) is 24.2 Å². The second kappa shape index (κ2) is 8.49. The van der Waals surface area contributed by atoms with Gasteiger partial charge in [-0.15, -0.1) is 11.8 Å². The predicted molar refractivity (Wildman–Crippen MR) is 101 cm³/mol. The molecule has 0 fully saturated rings. The minimum Gasteiger partial charge on any atom is -0.455 e. The van der Waals surface area contributed by atoms with Crippen molar-refractivity contribution in [1.29, 1.82) is 0 Å². The summed E-state index contributed by atoms with van der Waals surface area (Å²) in [5, 5.41) is 4.58. The van der Waals surface area contributed by atoms with Gasteiger partial charge in [-0.1, -0.05) is 42.5 Å². The van der Waals surface area contributed by atoms with Crippen LogP contribution >= 0.6 is 11.8 Å². The lowest BCUT2D eigenvalue weighted by Crippen LogP contribution is -2.22. The highest BCUT2D eigenvalue weighted by atomic mass is 32.2. The van der Waals surface area contributed by atoms with Gasteiger partial charge in [0.25, 0.3) is 5.91 Å². The van der Waals surface area contributed by atoms with E-state index in [1.807, 2.05) is 42.5 Å². The van der Waals surface area contributed by atoms with Crippen LogP contribution in [0.2, 0.25) is 0 Å². The summed E-state index contributed by atoms with van der Waals surface area (Å²) in [6.07, 6.45) is 0. The van der Waals surface area contributed by atoms with Gasteiger partial charge in [-0.2, -0.15) is 0 Å². The van der Waals surface area contributed by atoms with Crippen molar-refractivity contribution >= 4 is 40.1 Å². The molecule has 0 aliphatic heterocycles. The van der Waals surface area contributed by atoms with E-state index < -0.39 is 24.3 Å². The molecule has 3 aromatic rings. The number of nitrogens with one attached hydrogen (secondary N) is 1. The molecule has 3 aromatic carbocycles. The van der Waals surface area contributed by atoms with Crippen LogP contribution in [0.25, 0.3) is 10.8 Å². The summed E-state index contributed by atoms with van der Waals surface area (Å²) in [7, 11) is 0. The number of thioether (sulfide) groups is 1. The summed E-state index contributed by atoms with van der Waals surface area (Å²) in [6.45, 7) is -0.453. The largest absolute Gasteiger partial charge is 0.455 e. The van der Waals surface area contributed by atoms with Crippen molar-refractivity contribution in [3.63, 3.8) is 0 Å². The van der Waals surface area contributed by atoms with Gasteiger partial charge < -0.3 is 10.1 Å². The molecule has 0 unspecified atom stereocenters. The molecule has 3 rings (SSSR count). The Labute approximate surface area is 154 Å². The third kappa shape index (κ3) is 4.83. The van der Waals surface area contributed by atoms with Gasteiger partial charge in [0.15, 0.2) is 6.61 Å². The topological polar surface area (TPSA) is 55.4 Å². The number of anilines is 1. The maximum absolute atomic E-state index is 13.4. The van der Waals surface area contributed by atoms with Crippen LogP contribution in [-0.2, 0) is 14.3 Å². The third-order valence-electron chi connectivity index (χ3n) is 3.59. The predicted octanol–water partition coefficient (Wildman–Crippen LogP) is 4.25. The fraction of sp³-hybridized carbons (Fsp3) is 0.100. The standard InChI is InChI=1S/C20H16FNO3S/c21-17-7-3-4-8-18(17)22-19(23)12-25-20(24)13-26-16-10-9-14-5-1-2-6-15(14)11-16/h1-11H,12-13H2,(H,22,23). The molecular weight excluding hydrogens is 353 g/mol. The van der Waals surface area contributed by atoms with Gasteiger partial charge in [-0.3, -0.25) is 9.59 Å². The Balaban J connectivity index is 1.46. The average molecular weight is 369 g/mol. The lowest BCUT2D eigenvalue weighted by molar-refractivity contribution is -0.144. The maximum Gasteiger partial charge on any atom is 0.316 e. The summed E-state index contributed by atoms with van der Waals surface area (Å²) in [6, 6.07) is 19.7. The monoisotopic (exact) mass is 369 g/mol. The first kappa shape index (κ1) is 17.9. The van der Waals surface area contributed by atoms with Crippen LogP contribution in [0.4, 0.5) is 10.1 Å². The van der Waals surface area contributed by atoms with Crippen molar-refractivity contribution in [2.45, 2.75) is 4.90 Å². The highest BCUT2D eigenvalue weighted by Gasteiger charge is 2.10. The fourth-order valence-electron chi connectivity index (χ4n) is 2.34. The molecule has 0 aliphatic carbocycles. The zero-order chi connectivity index (χ0) is 18.4. The maximum atomic E-state index is 13.4. The van der Waals surface area contributed by atoms with E-state index in [4.69, 9.17) is 4.74 Å². The lowest BCUT2D eigenvalue weighted by Gasteiger charge is -2.07. The fourth-order valence-corrected chi connectivity index (χ4v) is 3.08. The number of esters is 1. The van der Waals surface area contributed by atoms with Crippen LogP contribution in [0.1, 0.15) is 0 Å². The zero-order valence-corrected chi connectivity index (χ0v) is 14.6. The summed E-state index contributed by atoms with van der Waals surface area (Å²) in [5.41, 5.74) is 0.0547. The van der Waals surface area contributed by atoms with Crippen LogP contribution in [0, 0.1) is 5.82 Å². The van der Waals surface area contributed by atoms with Gasteiger partial charge >= 0.3 is 5.97 Å². The minimum atomic E-state index is -0.584. The average Bonchev–Trinajstić information content (AvgIpc) is 2.66. The number of ether oxygens (including phenoxy) is 1. The molecule has 132 valence electrons. The van der Waals surface area contributed by atoms with E-state index in [1.165, 1.54) is 30.0 Å². The number of rotatable bonds is 6. The summed E-state index contributed by atoms with van der Waals surface area (Å²) >= 11 is 1.34. The molecule has 0 saturated heterocycles. The summed E-state index contributed by atoms with van der Waals surface area (Å²) < 4.78 is 18.4. The van der Waals surface area contributed by atoms with Gasteiger partial charge in [0.05, 0.1) is 11.4 Å². The number of fused-ring (bicyclic) bond motifs is 1. The Bertz CT molecular complexity index is 945. The van der Waals surface area contributed by atoms with Gasteiger partial charge in [0, 0.05) is 4.90 Å². The van der Waals surface area contributed by atoms with Crippen molar-refractivity contribution in [3.8, 4) is 0 Å². The molecule has 1 amide bonds. The first-order valence-corrected chi connectivity index (χ1v) is 8.92. The Morgan fingerprint density at radius 3 is 2.50 bits per heavy atom. The Morgan fingerprint density at radius 1 is 0.962 bits per heavy atom. The van der Waals surface area contributed by atoms with Crippen LogP contribution in [0.15, 0.2) is 71.6 Å². The quantitative estimate of drug-likeness (QED) is 0.521. The number of hydrogen-bond donors (Lipinski definition) is 1. The minimum absolute atomic E-state index is 0.0547. The summed E-state index contributed by atoms with van der Waals surface area (Å²) in [4.78, 5) is 24.5. The Hall–Kier alpha value is -2.86. The third-order valence-corrected chi connectivity index (χ3v) is 4.56. The van der Waals surface area contributed by atoms with E-state index in [1.54, 1.807) is 6.07 Å². The van der Waals surface area contributed by atoms with Gasteiger partial charge in [0.1, 0.15) is 5.82 Å². The van der Waals surface area contributed by atoms with E-state index in [2.05, 4.69) is 5.32 Å². The SMILES string of the molecule is O=C(COC(=O)CSc1ccc2ccccc2c1)Nc1ccccc1F. The molecule has 4 nitrogen and oxygen atoms in total. The normalized spacial score (nSPS) is 10.5. The van der Waals surface area contributed by atoms with Crippen molar-refractivity contribution in [1.82, 2.24) is 0 Å². The lowest BCUT2D eigenvalue weighted by atomic mass is 10.1. The summed E-state index contributed by atoms with van der Waals surface area (Å²) in [5.74, 6) is -1.55. The smallest absolute Gasteiger partial charge is 0.316 e. The molecular formula is C20H16FNO3S. The first-order valence-electron chi connectivity index (χ1n) is 7.93. The van der Waals surface area contributed by atoms with Crippen molar-refractivity contribution < 1.29 is 18.7 Å². The number of para-hydroxylation sites is 1. The Morgan fingerprint density at radius 2 is 1.69 bits per heavy atom. The van der Waals surface area contributed by atoms with Crippen molar-refractivity contribution in [2.24, 2.45) is 0 Å². The second-order valence-corrected chi connectivity index (χ2v) is 6.54. The first-order chi connectivity index (χ1) is 12.6. The molecule has 6 heteroatoms. The number of carbonyl (C=O) groups excluding carboxylic acids is 2. The molecule has 0 saturated carbocycles. The molecule has 0 spiro atoms. The van der Waals surface area contributed by atoms with E-state index >= 15 is 0 Å². The molecule has 0 aromatic heterocycles. The van der Waals surface area contributed by atoms with Gasteiger partial charge in [-0.05, 0) is 35.0 Å². The molecule has 0 heterocycles. The molecule has 0 radical (unpaired) electrons. The van der Waals surface area contributed by atoms with Crippen LogP contribution < -0.4 is 5.32 Å². The second-order valence-electron chi connectivity index (χ2n) is 5.49. The van der Waals surface area contributed by atoms with Crippen molar-refractivity contribution in [2.75, 3.05) is 17.7 Å². The van der Waals surface area contributed by atoms with E-state index in [0.717, 1.165) is 15.7 Å². The van der Waals surface area contributed by atoms with Crippen LogP contribution in [0.5, 0.6) is 0 Å². The number of halogens is 1. The zero-order valence-electron chi connectivity index (χ0n) is 13.8. The highest BCUT2D eigenvalue weighted by Crippen LogP contribution is 2.23. The number of amides is 1. The molecule has 26 heavy (non-hydrogen) atoms. The van der Waals surface area contributed by atoms with Gasteiger partial charge in [0.2, 0.25) is 0 Å². The molecule has 1 N–H and O–H groups in total. The van der Waals surface area contributed by atoms with Crippen LogP contribution in [0.3, 0.4) is 0 Å². The highest BCUT2D eigenvalue weighted by molar-refractivity contribution is 8.00. The van der Waals surface area contributed by atoms with Crippen molar-refractivity contribution in [3.05, 3.63) is 72.5 Å².